The third-order valence-corrected chi connectivity index (χ3v) is 4.97. The van der Waals surface area contributed by atoms with Crippen LogP contribution in [-0.4, -0.2) is 10.9 Å². The Morgan fingerprint density at radius 1 is 1.30 bits per heavy atom. The molecule has 4 heteroatoms. The van der Waals surface area contributed by atoms with Gasteiger partial charge in [0.15, 0.2) is 0 Å². The SMILES string of the molecule is CC(C)(C)C1CCC(C(=O)Nc2cccnc2Br)CC1. The lowest BCUT2D eigenvalue weighted by atomic mass is 9.69. The van der Waals surface area contributed by atoms with E-state index in [-0.39, 0.29) is 11.8 Å². The Morgan fingerprint density at radius 2 is 1.95 bits per heavy atom. The van der Waals surface area contributed by atoms with Crippen molar-refractivity contribution in [2.75, 3.05) is 5.32 Å². The number of pyridine rings is 1. The Bertz CT molecular complexity index is 474. The van der Waals surface area contributed by atoms with Crippen molar-refractivity contribution >= 4 is 27.5 Å². The number of anilines is 1. The van der Waals surface area contributed by atoms with Gasteiger partial charge in [0.1, 0.15) is 4.60 Å². The van der Waals surface area contributed by atoms with Crippen molar-refractivity contribution in [3.05, 3.63) is 22.9 Å². The Hall–Kier alpha value is -0.900. The van der Waals surface area contributed by atoms with Gasteiger partial charge in [0.05, 0.1) is 5.69 Å². The molecule has 1 heterocycles. The molecule has 0 unspecified atom stereocenters. The van der Waals surface area contributed by atoms with Gasteiger partial charge in [-0.3, -0.25) is 4.79 Å². The molecular weight excluding hydrogens is 316 g/mol. The van der Waals surface area contributed by atoms with E-state index < -0.39 is 0 Å². The summed E-state index contributed by atoms with van der Waals surface area (Å²) in [5, 5.41) is 2.99. The van der Waals surface area contributed by atoms with E-state index in [0.717, 1.165) is 37.3 Å². The number of rotatable bonds is 2. The average molecular weight is 339 g/mol. The van der Waals surface area contributed by atoms with Gasteiger partial charge in [0.2, 0.25) is 5.91 Å². The summed E-state index contributed by atoms with van der Waals surface area (Å²) in [7, 11) is 0. The fourth-order valence-corrected chi connectivity index (χ4v) is 3.29. The van der Waals surface area contributed by atoms with Crippen molar-refractivity contribution in [1.82, 2.24) is 4.98 Å². The quantitative estimate of drug-likeness (QED) is 0.798. The summed E-state index contributed by atoms with van der Waals surface area (Å²) in [4.78, 5) is 16.4. The van der Waals surface area contributed by atoms with E-state index in [2.05, 4.69) is 47.0 Å². The lowest BCUT2D eigenvalue weighted by Gasteiger charge is -2.36. The Labute approximate surface area is 129 Å². The molecule has 1 aromatic rings. The van der Waals surface area contributed by atoms with Gasteiger partial charge in [-0.1, -0.05) is 20.8 Å². The highest BCUT2D eigenvalue weighted by atomic mass is 79.9. The maximum atomic E-state index is 12.3. The van der Waals surface area contributed by atoms with Gasteiger partial charge in [0.25, 0.3) is 0 Å². The fraction of sp³-hybridized carbons (Fsp3) is 0.625. The van der Waals surface area contributed by atoms with Crippen LogP contribution in [0.2, 0.25) is 0 Å². The molecule has 110 valence electrons. The van der Waals surface area contributed by atoms with Crippen LogP contribution in [0.25, 0.3) is 0 Å². The minimum absolute atomic E-state index is 0.131. The first-order valence-electron chi connectivity index (χ1n) is 7.29. The number of hydrogen-bond acceptors (Lipinski definition) is 2. The normalized spacial score (nSPS) is 23.4. The number of nitrogens with one attached hydrogen (secondary N) is 1. The maximum Gasteiger partial charge on any atom is 0.227 e. The van der Waals surface area contributed by atoms with Crippen molar-refractivity contribution in [1.29, 1.82) is 0 Å². The van der Waals surface area contributed by atoms with E-state index >= 15 is 0 Å². The predicted molar refractivity (Wildman–Crippen MR) is 85.5 cm³/mol. The third-order valence-electron chi connectivity index (χ3n) is 4.34. The molecule has 1 N–H and O–H groups in total. The molecule has 0 aliphatic heterocycles. The van der Waals surface area contributed by atoms with Crippen LogP contribution >= 0.6 is 15.9 Å². The van der Waals surface area contributed by atoms with E-state index in [1.54, 1.807) is 6.20 Å². The van der Waals surface area contributed by atoms with Crippen LogP contribution in [-0.2, 0) is 4.79 Å². The summed E-state index contributed by atoms with van der Waals surface area (Å²) in [6, 6.07) is 3.70. The highest BCUT2D eigenvalue weighted by Gasteiger charge is 2.32. The molecular formula is C16H23BrN2O. The van der Waals surface area contributed by atoms with Crippen LogP contribution in [0.1, 0.15) is 46.5 Å². The smallest absolute Gasteiger partial charge is 0.227 e. The van der Waals surface area contributed by atoms with Crippen LogP contribution in [0, 0.1) is 17.3 Å². The zero-order valence-corrected chi connectivity index (χ0v) is 14.0. The number of aromatic nitrogens is 1. The molecule has 1 amide bonds. The van der Waals surface area contributed by atoms with Crippen molar-refractivity contribution < 1.29 is 4.79 Å². The van der Waals surface area contributed by atoms with E-state index in [4.69, 9.17) is 0 Å². The predicted octanol–water partition coefficient (Wildman–Crippen LogP) is 4.64. The molecule has 1 aliphatic carbocycles. The van der Waals surface area contributed by atoms with Crippen molar-refractivity contribution in [3.8, 4) is 0 Å². The summed E-state index contributed by atoms with van der Waals surface area (Å²) in [5.41, 5.74) is 1.11. The van der Waals surface area contributed by atoms with Gasteiger partial charge < -0.3 is 5.32 Å². The molecule has 0 radical (unpaired) electrons. The molecule has 1 aliphatic rings. The molecule has 0 spiro atoms. The topological polar surface area (TPSA) is 42.0 Å². The van der Waals surface area contributed by atoms with Gasteiger partial charge in [-0.05, 0) is 65.1 Å². The number of nitrogens with zero attached hydrogens (tertiary/aromatic N) is 1. The highest BCUT2D eigenvalue weighted by Crippen LogP contribution is 2.40. The molecule has 0 atom stereocenters. The second-order valence-electron chi connectivity index (χ2n) is 6.75. The molecule has 1 fully saturated rings. The zero-order chi connectivity index (χ0) is 14.8. The first-order valence-corrected chi connectivity index (χ1v) is 8.08. The lowest BCUT2D eigenvalue weighted by molar-refractivity contribution is -0.121. The lowest BCUT2D eigenvalue weighted by Crippen LogP contribution is -2.31. The van der Waals surface area contributed by atoms with E-state index in [1.165, 1.54) is 0 Å². The summed E-state index contributed by atoms with van der Waals surface area (Å²) in [6.45, 7) is 6.89. The van der Waals surface area contributed by atoms with Gasteiger partial charge in [0, 0.05) is 12.1 Å². The van der Waals surface area contributed by atoms with Crippen LogP contribution in [0.3, 0.4) is 0 Å². The Kier molecular flexibility index (Phi) is 4.84. The van der Waals surface area contributed by atoms with Crippen LogP contribution in [0.4, 0.5) is 5.69 Å². The first-order chi connectivity index (χ1) is 9.38. The van der Waals surface area contributed by atoms with Gasteiger partial charge in [-0.15, -0.1) is 0 Å². The van der Waals surface area contributed by atoms with E-state index in [9.17, 15) is 4.79 Å². The highest BCUT2D eigenvalue weighted by molar-refractivity contribution is 9.10. The van der Waals surface area contributed by atoms with Crippen LogP contribution in [0.15, 0.2) is 22.9 Å². The zero-order valence-electron chi connectivity index (χ0n) is 12.4. The molecule has 0 bridgehead atoms. The number of carbonyl (C=O) groups is 1. The second kappa shape index (κ2) is 6.25. The molecule has 0 saturated heterocycles. The van der Waals surface area contributed by atoms with E-state index in [0.29, 0.717) is 10.0 Å². The molecule has 20 heavy (non-hydrogen) atoms. The third kappa shape index (κ3) is 3.81. The number of halogens is 1. The molecule has 0 aromatic carbocycles. The van der Waals surface area contributed by atoms with E-state index in [1.807, 2.05) is 12.1 Å². The van der Waals surface area contributed by atoms with Crippen molar-refractivity contribution in [3.63, 3.8) is 0 Å². The van der Waals surface area contributed by atoms with Gasteiger partial charge in [-0.2, -0.15) is 0 Å². The van der Waals surface area contributed by atoms with Crippen LogP contribution in [0.5, 0.6) is 0 Å². The summed E-state index contributed by atoms with van der Waals surface area (Å²) in [6.07, 6.45) is 5.98. The first kappa shape index (κ1) is 15.5. The van der Waals surface area contributed by atoms with Gasteiger partial charge in [-0.25, -0.2) is 4.98 Å². The summed E-state index contributed by atoms with van der Waals surface area (Å²) in [5.74, 6) is 1.00. The Morgan fingerprint density at radius 3 is 2.50 bits per heavy atom. The number of carbonyl (C=O) groups excluding carboxylic acids is 1. The average Bonchev–Trinajstić information content (AvgIpc) is 2.40. The summed E-state index contributed by atoms with van der Waals surface area (Å²) >= 11 is 3.36. The van der Waals surface area contributed by atoms with Crippen molar-refractivity contribution in [2.45, 2.75) is 46.5 Å². The minimum atomic E-state index is 0.131. The second-order valence-corrected chi connectivity index (χ2v) is 7.50. The molecule has 2 rings (SSSR count). The minimum Gasteiger partial charge on any atom is -0.324 e. The van der Waals surface area contributed by atoms with Crippen molar-refractivity contribution in [2.24, 2.45) is 17.3 Å². The number of hydrogen-bond donors (Lipinski definition) is 1. The molecule has 1 saturated carbocycles. The number of amides is 1. The molecule has 1 aromatic heterocycles. The van der Waals surface area contributed by atoms with Gasteiger partial charge >= 0.3 is 0 Å². The largest absolute Gasteiger partial charge is 0.324 e. The fourth-order valence-electron chi connectivity index (χ4n) is 2.94. The molecule has 3 nitrogen and oxygen atoms in total. The summed E-state index contributed by atoms with van der Waals surface area (Å²) < 4.78 is 0.691. The van der Waals surface area contributed by atoms with Crippen LogP contribution < -0.4 is 5.32 Å². The standard InChI is InChI=1S/C16H23BrN2O/c1-16(2,3)12-8-6-11(7-9-12)15(20)19-13-5-4-10-18-14(13)17/h4-5,10-12H,6-9H2,1-3H3,(H,19,20). The Balaban J connectivity index is 1.91. The maximum absolute atomic E-state index is 12.3. The monoisotopic (exact) mass is 338 g/mol.